The smallest absolute Gasteiger partial charge is 0.254 e. The molecule has 0 aromatic carbocycles. The van der Waals surface area contributed by atoms with E-state index in [0.29, 0.717) is 85.1 Å². The molecule has 1 N–H and O–H groups in total. The van der Waals surface area contributed by atoms with Gasteiger partial charge in [0, 0.05) is 25.2 Å². The van der Waals surface area contributed by atoms with Gasteiger partial charge in [0.15, 0.2) is 9.84 Å². The van der Waals surface area contributed by atoms with Crippen molar-refractivity contribution in [2.24, 2.45) is 0 Å². The van der Waals surface area contributed by atoms with Gasteiger partial charge in [0.1, 0.15) is 17.2 Å². The van der Waals surface area contributed by atoms with E-state index in [-0.39, 0.29) is 18.6 Å². The average molecular weight is 671 g/mol. The van der Waals surface area contributed by atoms with Crippen LogP contribution >= 0.6 is 0 Å². The van der Waals surface area contributed by atoms with Crippen LogP contribution in [0.3, 0.4) is 0 Å². The highest BCUT2D eigenvalue weighted by atomic mass is 32.2. The zero-order chi connectivity index (χ0) is 33.4. The number of amides is 1. The Hall–Kier alpha value is -2.64. The standard InChI is InChI=1S/C34H50N4O6SSi/c1-9-27-20-43-21-33(39)38(27)32-17-25(34(45(8,40)41)12-14-42-15-13-34)16-30(37-32)29-11-10-28-31(36-29)18-26(35-28)19-44-46(22(2)3,23(4)5)24(6)7/h10-11,16-18,22-24,27,35H,9,12-15,19-21H2,1-8H3/t27-/m0/s1. The molecule has 2 fully saturated rings. The molecule has 0 bridgehead atoms. The molecule has 12 heteroatoms. The topological polar surface area (TPSA) is 124 Å². The number of carbonyl (C=O) groups is 1. The van der Waals surface area contributed by atoms with Crippen LogP contribution in [0.4, 0.5) is 5.82 Å². The Bertz CT molecular complexity index is 1640. The van der Waals surface area contributed by atoms with Crippen LogP contribution in [0.2, 0.25) is 16.6 Å². The quantitative estimate of drug-likeness (QED) is 0.229. The van der Waals surface area contributed by atoms with E-state index in [4.69, 9.17) is 23.9 Å². The number of morpholine rings is 1. The molecule has 5 heterocycles. The third-order valence-corrected chi connectivity index (χ3v) is 18.3. The first kappa shape index (κ1) is 34.7. The molecule has 252 valence electrons. The molecule has 2 aliphatic heterocycles. The molecule has 2 saturated heterocycles. The fraction of sp³-hybridized carbons (Fsp3) is 0.618. The van der Waals surface area contributed by atoms with Crippen molar-refractivity contribution in [3.8, 4) is 11.4 Å². The molecular formula is C34H50N4O6SSi. The van der Waals surface area contributed by atoms with Crippen LogP contribution in [0.25, 0.3) is 22.4 Å². The lowest BCUT2D eigenvalue weighted by molar-refractivity contribution is -0.127. The van der Waals surface area contributed by atoms with Crippen molar-refractivity contribution in [3.05, 3.63) is 41.6 Å². The minimum Gasteiger partial charge on any atom is -0.410 e. The molecule has 0 saturated carbocycles. The Morgan fingerprint density at radius 3 is 2.28 bits per heavy atom. The number of aromatic amines is 1. The number of H-pyrrole nitrogens is 1. The van der Waals surface area contributed by atoms with E-state index in [9.17, 15) is 13.2 Å². The lowest BCUT2D eigenvalue weighted by Gasteiger charge is -2.42. The summed E-state index contributed by atoms with van der Waals surface area (Å²) in [6, 6.07) is 9.30. The maximum Gasteiger partial charge on any atom is 0.254 e. The van der Waals surface area contributed by atoms with Crippen molar-refractivity contribution < 1.29 is 27.1 Å². The first-order valence-corrected chi connectivity index (χ1v) is 20.6. The van der Waals surface area contributed by atoms with Crippen molar-refractivity contribution >= 4 is 40.9 Å². The molecule has 1 amide bonds. The molecule has 10 nitrogen and oxygen atoms in total. The summed E-state index contributed by atoms with van der Waals surface area (Å²) in [7, 11) is -5.62. The second-order valence-electron chi connectivity index (χ2n) is 13.8. The van der Waals surface area contributed by atoms with E-state index in [1.807, 2.05) is 31.2 Å². The third-order valence-electron chi connectivity index (χ3n) is 10.2. The summed E-state index contributed by atoms with van der Waals surface area (Å²) in [5.74, 6) is 0.223. The van der Waals surface area contributed by atoms with Crippen LogP contribution in [0.1, 0.15) is 79.0 Å². The average Bonchev–Trinajstić information content (AvgIpc) is 3.42. The maximum atomic E-state index is 13.5. The van der Waals surface area contributed by atoms with Gasteiger partial charge >= 0.3 is 0 Å². The summed E-state index contributed by atoms with van der Waals surface area (Å²) >= 11 is 0. The van der Waals surface area contributed by atoms with Crippen LogP contribution < -0.4 is 4.90 Å². The molecule has 0 aliphatic carbocycles. The number of nitrogens with one attached hydrogen (secondary N) is 1. The van der Waals surface area contributed by atoms with Gasteiger partial charge in [0.25, 0.3) is 5.91 Å². The Morgan fingerprint density at radius 1 is 1.00 bits per heavy atom. The molecule has 0 unspecified atom stereocenters. The van der Waals surface area contributed by atoms with Gasteiger partial charge in [-0.3, -0.25) is 9.69 Å². The monoisotopic (exact) mass is 670 g/mol. The Kier molecular flexibility index (Phi) is 10.2. The predicted octanol–water partition coefficient (Wildman–Crippen LogP) is 6.51. The van der Waals surface area contributed by atoms with Crippen LogP contribution in [-0.2, 0) is 39.9 Å². The summed E-state index contributed by atoms with van der Waals surface area (Å²) in [5.41, 5.74) is 5.77. The largest absolute Gasteiger partial charge is 0.410 e. The summed E-state index contributed by atoms with van der Waals surface area (Å²) < 4.78 is 43.7. The van der Waals surface area contributed by atoms with Gasteiger partial charge in [-0.15, -0.1) is 0 Å². The zero-order valence-electron chi connectivity index (χ0n) is 28.6. The van der Waals surface area contributed by atoms with Crippen LogP contribution in [0.5, 0.6) is 0 Å². The number of sulfone groups is 1. The van der Waals surface area contributed by atoms with E-state index in [2.05, 4.69) is 46.5 Å². The van der Waals surface area contributed by atoms with Gasteiger partial charge in [-0.05, 0) is 71.8 Å². The SMILES string of the molecule is CC[C@H]1COCC(=O)N1c1cc(C2(S(C)(=O)=O)CCOCC2)cc(-c2ccc3[nH]c(CO[Si](C(C)C)(C(C)C)C(C)C)cc3n2)n1. The second-order valence-corrected chi connectivity index (χ2v) is 21.6. The van der Waals surface area contributed by atoms with Gasteiger partial charge in [-0.1, -0.05) is 48.5 Å². The number of nitrogens with zero attached hydrogens (tertiary/aromatic N) is 3. The summed E-state index contributed by atoms with van der Waals surface area (Å²) in [4.78, 5) is 28.3. The van der Waals surface area contributed by atoms with Gasteiger partial charge in [0.2, 0.25) is 8.32 Å². The molecule has 2 aliphatic rings. The van der Waals surface area contributed by atoms with Gasteiger partial charge in [-0.2, -0.15) is 0 Å². The van der Waals surface area contributed by atoms with Crippen LogP contribution in [0.15, 0.2) is 30.3 Å². The molecule has 3 aromatic rings. The predicted molar refractivity (Wildman–Crippen MR) is 184 cm³/mol. The van der Waals surface area contributed by atoms with Crippen LogP contribution in [-0.4, -0.2) is 76.3 Å². The van der Waals surface area contributed by atoms with Crippen molar-refractivity contribution in [3.63, 3.8) is 0 Å². The Morgan fingerprint density at radius 2 is 1.67 bits per heavy atom. The molecule has 5 rings (SSSR count). The first-order chi connectivity index (χ1) is 21.7. The number of carbonyl (C=O) groups excluding carboxylic acids is 1. The Balaban J connectivity index is 1.59. The fourth-order valence-electron chi connectivity index (χ4n) is 7.84. The molecule has 0 radical (unpaired) electrons. The molecule has 3 aromatic heterocycles. The van der Waals surface area contributed by atoms with Gasteiger partial charge < -0.3 is 18.9 Å². The lowest BCUT2D eigenvalue weighted by Crippen LogP contribution is -2.50. The van der Waals surface area contributed by atoms with E-state index in [1.54, 1.807) is 11.0 Å². The molecule has 46 heavy (non-hydrogen) atoms. The first-order valence-electron chi connectivity index (χ1n) is 16.6. The van der Waals surface area contributed by atoms with E-state index < -0.39 is 22.9 Å². The third kappa shape index (κ3) is 6.31. The summed E-state index contributed by atoms with van der Waals surface area (Å²) in [6.45, 7) is 17.2. The van der Waals surface area contributed by atoms with E-state index in [0.717, 1.165) is 16.7 Å². The minimum absolute atomic E-state index is 0.0459. The number of fused-ring (bicyclic) bond motifs is 1. The number of hydrogen-bond acceptors (Lipinski definition) is 8. The summed E-state index contributed by atoms with van der Waals surface area (Å²) in [6.07, 6.45) is 2.61. The highest BCUT2D eigenvalue weighted by Gasteiger charge is 2.46. The molecule has 0 spiro atoms. The van der Waals surface area contributed by atoms with Crippen molar-refractivity contribution in [2.75, 3.05) is 37.6 Å². The molecular weight excluding hydrogens is 621 g/mol. The van der Waals surface area contributed by atoms with Gasteiger partial charge in [-0.25, -0.2) is 18.4 Å². The normalized spacial score (nSPS) is 19.6. The number of ether oxygens (including phenoxy) is 2. The minimum atomic E-state index is -3.56. The Labute approximate surface area is 274 Å². The van der Waals surface area contributed by atoms with Crippen molar-refractivity contribution in [1.29, 1.82) is 0 Å². The highest BCUT2D eigenvalue weighted by Crippen LogP contribution is 2.44. The maximum absolute atomic E-state index is 13.5. The number of hydrogen-bond donors (Lipinski definition) is 1. The highest BCUT2D eigenvalue weighted by molar-refractivity contribution is 7.91. The zero-order valence-corrected chi connectivity index (χ0v) is 30.4. The van der Waals surface area contributed by atoms with E-state index >= 15 is 0 Å². The molecule has 1 atom stereocenters. The second kappa shape index (κ2) is 13.5. The van der Waals surface area contributed by atoms with Crippen molar-refractivity contribution in [1.82, 2.24) is 15.0 Å². The number of aromatic nitrogens is 3. The van der Waals surface area contributed by atoms with Crippen LogP contribution in [0, 0.1) is 0 Å². The fourth-order valence-corrected chi connectivity index (χ4v) is 14.7. The van der Waals surface area contributed by atoms with Gasteiger partial charge in [0.05, 0.1) is 41.7 Å². The summed E-state index contributed by atoms with van der Waals surface area (Å²) in [5, 5.41) is 0. The lowest BCUT2D eigenvalue weighted by atomic mass is 9.90. The van der Waals surface area contributed by atoms with Crippen molar-refractivity contribution in [2.45, 2.75) is 102 Å². The van der Waals surface area contributed by atoms with E-state index in [1.165, 1.54) is 6.26 Å². The number of anilines is 1. The number of pyridine rings is 2. The number of rotatable bonds is 11.